The normalized spacial score (nSPS) is 11.5. The van der Waals surface area contributed by atoms with E-state index >= 15 is 0 Å². The van der Waals surface area contributed by atoms with E-state index in [1.807, 2.05) is 35.8 Å². The van der Waals surface area contributed by atoms with E-state index in [1.54, 1.807) is 6.33 Å². The van der Waals surface area contributed by atoms with Crippen LogP contribution in [0.1, 0.15) is 6.92 Å². The number of carbonyl (C=O) groups excluding carboxylic acids is 1. The van der Waals surface area contributed by atoms with Crippen LogP contribution in [0.3, 0.4) is 0 Å². The highest BCUT2D eigenvalue weighted by Crippen LogP contribution is 2.12. The predicted octanol–water partition coefficient (Wildman–Crippen LogP) is 2.78. The third-order valence-corrected chi connectivity index (χ3v) is 3.17. The molecule has 0 bridgehead atoms. The lowest BCUT2D eigenvalue weighted by Gasteiger charge is -2.18. The number of nitroso groups, excluding NO2 is 1. The molecule has 0 aliphatic carbocycles. The highest BCUT2D eigenvalue weighted by atomic mass is 35.5. The zero-order valence-corrected chi connectivity index (χ0v) is 13.5. The summed E-state index contributed by atoms with van der Waals surface area (Å²) in [5.41, 5.74) is 1.89. The fourth-order valence-corrected chi connectivity index (χ4v) is 2.20. The van der Waals surface area contributed by atoms with E-state index in [9.17, 15) is 9.70 Å². The highest BCUT2D eigenvalue weighted by Gasteiger charge is 2.16. The number of rotatable bonds is 6. The summed E-state index contributed by atoms with van der Waals surface area (Å²) in [5, 5.41) is 6.12. The number of hydrogen-bond donors (Lipinski definition) is 1. The first kappa shape index (κ1) is 18.2. The molecule has 22 heavy (non-hydrogen) atoms. The van der Waals surface area contributed by atoms with Gasteiger partial charge in [-0.15, -0.1) is 28.9 Å². The standard InChI is InChI=1S/C13H16ClN5O2.ClH/c1-10(16-13(20)19(17-21)7-6-14)8-18-9-15-11-4-2-3-5-12(11)18;/h2-5,9-10H,6-8H2,1H3,(H,16,20);1H. The quantitative estimate of drug-likeness (QED) is 0.496. The van der Waals surface area contributed by atoms with Crippen LogP contribution in [0.5, 0.6) is 0 Å². The number of aromatic nitrogens is 2. The minimum Gasteiger partial charge on any atom is -0.332 e. The second kappa shape index (κ2) is 8.55. The number of hydrogen-bond acceptors (Lipinski definition) is 4. The second-order valence-corrected chi connectivity index (χ2v) is 5.01. The number of benzene rings is 1. The van der Waals surface area contributed by atoms with Crippen LogP contribution in [-0.4, -0.2) is 39.1 Å². The molecule has 0 aliphatic rings. The number of nitrogens with zero attached hydrogens (tertiary/aromatic N) is 4. The summed E-state index contributed by atoms with van der Waals surface area (Å²) in [6.45, 7) is 2.47. The summed E-state index contributed by atoms with van der Waals surface area (Å²) in [7, 11) is 0. The first-order valence-electron chi connectivity index (χ1n) is 6.53. The Morgan fingerprint density at radius 3 is 2.91 bits per heavy atom. The molecule has 2 amide bonds. The molecule has 0 spiro atoms. The summed E-state index contributed by atoms with van der Waals surface area (Å²) < 4.78 is 1.94. The first-order valence-corrected chi connectivity index (χ1v) is 7.06. The van der Waals surface area contributed by atoms with E-state index in [1.165, 1.54) is 0 Å². The highest BCUT2D eigenvalue weighted by molar-refractivity contribution is 6.18. The van der Waals surface area contributed by atoms with Gasteiger partial charge in [0.2, 0.25) is 0 Å². The van der Waals surface area contributed by atoms with Crippen LogP contribution in [0, 0.1) is 4.91 Å². The monoisotopic (exact) mass is 345 g/mol. The molecule has 120 valence electrons. The zero-order valence-electron chi connectivity index (χ0n) is 12.0. The Morgan fingerprint density at radius 2 is 2.23 bits per heavy atom. The van der Waals surface area contributed by atoms with E-state index < -0.39 is 6.03 Å². The lowest BCUT2D eigenvalue weighted by Crippen LogP contribution is -2.43. The Morgan fingerprint density at radius 1 is 1.50 bits per heavy atom. The van der Waals surface area contributed by atoms with Crippen molar-refractivity contribution in [2.75, 3.05) is 12.4 Å². The molecule has 2 aromatic rings. The van der Waals surface area contributed by atoms with Crippen LogP contribution >= 0.6 is 24.0 Å². The van der Waals surface area contributed by atoms with Crippen LogP contribution in [0.15, 0.2) is 35.9 Å². The number of imidazole rings is 1. The number of carbonyl (C=O) groups is 1. The molecule has 1 atom stereocenters. The number of nitrogens with one attached hydrogen (secondary N) is 1. The van der Waals surface area contributed by atoms with Gasteiger partial charge in [-0.2, -0.15) is 5.01 Å². The van der Waals surface area contributed by atoms with E-state index in [2.05, 4.69) is 15.6 Å². The van der Waals surface area contributed by atoms with Crippen molar-refractivity contribution < 1.29 is 4.79 Å². The molecule has 9 heteroatoms. The molecule has 0 saturated carbocycles. The SMILES string of the molecule is CC(Cn1cnc2ccccc21)NC(=O)N(CCCl)N=O.Cl. The van der Waals surface area contributed by atoms with Gasteiger partial charge in [0.25, 0.3) is 0 Å². The number of alkyl halides is 1. The van der Waals surface area contributed by atoms with Gasteiger partial charge in [-0.3, -0.25) is 0 Å². The Bertz CT molecular complexity index is 634. The lowest BCUT2D eigenvalue weighted by atomic mass is 10.3. The lowest BCUT2D eigenvalue weighted by molar-refractivity contribution is 0.197. The molecule has 0 aliphatic heterocycles. The zero-order chi connectivity index (χ0) is 15.2. The van der Waals surface area contributed by atoms with Gasteiger partial charge >= 0.3 is 6.03 Å². The summed E-state index contributed by atoms with van der Waals surface area (Å²) in [6.07, 6.45) is 1.72. The second-order valence-electron chi connectivity index (χ2n) is 4.63. The van der Waals surface area contributed by atoms with Crippen LogP contribution in [0.2, 0.25) is 0 Å². The fourth-order valence-electron chi connectivity index (χ4n) is 2.04. The molecule has 1 aromatic carbocycles. The Kier molecular flexibility index (Phi) is 7.07. The maximum Gasteiger partial charge on any atom is 0.340 e. The molecular weight excluding hydrogens is 329 g/mol. The van der Waals surface area contributed by atoms with E-state index in [0.29, 0.717) is 6.54 Å². The molecule has 1 heterocycles. The number of halogens is 2. The molecule has 1 aromatic heterocycles. The molecule has 1 unspecified atom stereocenters. The van der Waals surface area contributed by atoms with Crippen LogP contribution in [0.4, 0.5) is 4.79 Å². The average molecular weight is 346 g/mol. The third kappa shape index (κ3) is 4.32. The number of amides is 2. The van der Waals surface area contributed by atoms with Gasteiger partial charge < -0.3 is 9.88 Å². The van der Waals surface area contributed by atoms with Crippen LogP contribution in [0.25, 0.3) is 11.0 Å². The molecule has 7 nitrogen and oxygen atoms in total. The van der Waals surface area contributed by atoms with Gasteiger partial charge in [0.05, 0.1) is 29.2 Å². The van der Waals surface area contributed by atoms with Crippen molar-refractivity contribution in [3.63, 3.8) is 0 Å². The van der Waals surface area contributed by atoms with Crippen molar-refractivity contribution in [1.82, 2.24) is 19.9 Å². The maximum atomic E-state index is 11.8. The van der Waals surface area contributed by atoms with E-state index in [-0.39, 0.29) is 30.9 Å². The molecule has 0 fully saturated rings. The maximum absolute atomic E-state index is 11.8. The van der Waals surface area contributed by atoms with Gasteiger partial charge in [0.15, 0.2) is 0 Å². The van der Waals surface area contributed by atoms with E-state index in [0.717, 1.165) is 16.0 Å². The summed E-state index contributed by atoms with van der Waals surface area (Å²) >= 11 is 5.50. The van der Waals surface area contributed by atoms with Gasteiger partial charge in [-0.1, -0.05) is 12.1 Å². The van der Waals surface area contributed by atoms with Crippen molar-refractivity contribution in [2.24, 2.45) is 5.29 Å². The van der Waals surface area contributed by atoms with Crippen molar-refractivity contribution in [3.8, 4) is 0 Å². The number of para-hydroxylation sites is 2. The summed E-state index contributed by atoms with van der Waals surface area (Å²) in [6, 6.07) is 7.00. The molecule has 0 radical (unpaired) electrons. The molecule has 2 rings (SSSR count). The van der Waals surface area contributed by atoms with Crippen LogP contribution in [-0.2, 0) is 6.54 Å². The van der Waals surface area contributed by atoms with Crippen molar-refractivity contribution in [3.05, 3.63) is 35.5 Å². The minimum absolute atomic E-state index is 0. The predicted molar refractivity (Wildman–Crippen MR) is 88.2 cm³/mol. The van der Waals surface area contributed by atoms with Gasteiger partial charge in [-0.05, 0) is 19.1 Å². The molecular formula is C13H17Cl2N5O2. The summed E-state index contributed by atoms with van der Waals surface area (Å²) in [4.78, 5) is 26.6. The Hall–Kier alpha value is -1.86. The van der Waals surface area contributed by atoms with Crippen molar-refractivity contribution in [2.45, 2.75) is 19.5 Å². The van der Waals surface area contributed by atoms with Gasteiger partial charge in [0, 0.05) is 18.5 Å². The van der Waals surface area contributed by atoms with Crippen LogP contribution < -0.4 is 5.32 Å². The molecule has 1 N–H and O–H groups in total. The van der Waals surface area contributed by atoms with Gasteiger partial charge in [-0.25, -0.2) is 9.78 Å². The minimum atomic E-state index is -0.553. The average Bonchev–Trinajstić information content (AvgIpc) is 2.88. The topological polar surface area (TPSA) is 79.6 Å². The van der Waals surface area contributed by atoms with E-state index in [4.69, 9.17) is 11.6 Å². The smallest absolute Gasteiger partial charge is 0.332 e. The van der Waals surface area contributed by atoms with Crippen molar-refractivity contribution >= 4 is 41.1 Å². The summed E-state index contributed by atoms with van der Waals surface area (Å²) in [5.74, 6) is 0.152. The molecule has 0 saturated heterocycles. The van der Waals surface area contributed by atoms with Crippen molar-refractivity contribution in [1.29, 1.82) is 0 Å². The largest absolute Gasteiger partial charge is 0.340 e. The Balaban J connectivity index is 0.00000242. The van der Waals surface area contributed by atoms with Gasteiger partial charge in [0.1, 0.15) is 0 Å². The Labute approximate surface area is 139 Å². The third-order valence-electron chi connectivity index (χ3n) is 3.00. The number of fused-ring (bicyclic) bond motifs is 1. The number of urea groups is 1. The fraction of sp³-hybridized carbons (Fsp3) is 0.385. The first-order chi connectivity index (χ1) is 10.2.